The SMILES string of the molecule is C=C(c1ccc(Cl)cc1)C1OC(=O)C(C#N)=C1N1CCCCC1. The molecule has 0 radical (unpaired) electrons. The second kappa shape index (κ2) is 6.47. The molecule has 3 rings (SSSR count). The van der Waals surface area contributed by atoms with E-state index in [0.29, 0.717) is 16.3 Å². The number of nitrogens with zero attached hydrogens (tertiary/aromatic N) is 2. The molecule has 118 valence electrons. The van der Waals surface area contributed by atoms with Crippen molar-refractivity contribution in [2.75, 3.05) is 13.1 Å². The number of halogens is 1. The van der Waals surface area contributed by atoms with E-state index in [0.717, 1.165) is 31.5 Å². The van der Waals surface area contributed by atoms with Gasteiger partial charge in [-0.2, -0.15) is 5.26 Å². The Bertz CT molecular complexity index is 710. The van der Waals surface area contributed by atoms with Crippen molar-refractivity contribution in [2.24, 2.45) is 0 Å². The molecule has 2 aliphatic rings. The Kier molecular flexibility index (Phi) is 4.40. The summed E-state index contributed by atoms with van der Waals surface area (Å²) in [6, 6.07) is 9.24. The number of hydrogen-bond acceptors (Lipinski definition) is 4. The summed E-state index contributed by atoms with van der Waals surface area (Å²) < 4.78 is 5.47. The Morgan fingerprint density at radius 3 is 2.52 bits per heavy atom. The summed E-state index contributed by atoms with van der Waals surface area (Å²) in [4.78, 5) is 14.2. The zero-order valence-electron chi connectivity index (χ0n) is 12.7. The van der Waals surface area contributed by atoms with Crippen molar-refractivity contribution in [3.8, 4) is 6.07 Å². The standard InChI is InChI=1S/C18H17ClN2O2/c1-12(13-5-7-14(19)8-6-13)17-16(15(11-20)18(22)23-17)21-9-3-2-4-10-21/h5-8,17H,1-4,9-10H2. The molecule has 23 heavy (non-hydrogen) atoms. The number of carbonyl (C=O) groups is 1. The molecular weight excluding hydrogens is 312 g/mol. The minimum absolute atomic E-state index is 0.104. The highest BCUT2D eigenvalue weighted by atomic mass is 35.5. The predicted molar refractivity (Wildman–Crippen MR) is 88.4 cm³/mol. The maximum atomic E-state index is 12.1. The number of carbonyl (C=O) groups excluding carboxylic acids is 1. The van der Waals surface area contributed by atoms with Gasteiger partial charge >= 0.3 is 5.97 Å². The Balaban J connectivity index is 1.95. The van der Waals surface area contributed by atoms with Crippen LogP contribution in [0.15, 0.2) is 42.1 Å². The van der Waals surface area contributed by atoms with Gasteiger partial charge in [0.05, 0.1) is 5.70 Å². The molecule has 2 aliphatic heterocycles. The van der Waals surface area contributed by atoms with Crippen molar-refractivity contribution in [3.63, 3.8) is 0 Å². The molecule has 1 fully saturated rings. The molecule has 5 heteroatoms. The molecule has 1 unspecified atom stereocenters. The molecule has 0 bridgehead atoms. The number of piperidine rings is 1. The lowest BCUT2D eigenvalue weighted by molar-refractivity contribution is -0.137. The van der Waals surface area contributed by atoms with Crippen LogP contribution in [-0.4, -0.2) is 30.1 Å². The zero-order chi connectivity index (χ0) is 16.4. The van der Waals surface area contributed by atoms with Gasteiger partial charge in [0.15, 0.2) is 11.7 Å². The van der Waals surface area contributed by atoms with Crippen molar-refractivity contribution < 1.29 is 9.53 Å². The Morgan fingerprint density at radius 1 is 1.26 bits per heavy atom. The lowest BCUT2D eigenvalue weighted by Crippen LogP contribution is -2.34. The average molecular weight is 329 g/mol. The first kappa shape index (κ1) is 15.6. The van der Waals surface area contributed by atoms with E-state index in [-0.39, 0.29) is 5.57 Å². The van der Waals surface area contributed by atoms with Crippen LogP contribution in [-0.2, 0) is 9.53 Å². The maximum Gasteiger partial charge on any atom is 0.351 e. The van der Waals surface area contributed by atoms with Gasteiger partial charge in [-0.15, -0.1) is 0 Å². The Labute approximate surface area is 140 Å². The van der Waals surface area contributed by atoms with Crippen molar-refractivity contribution in [1.29, 1.82) is 5.26 Å². The Hall–Kier alpha value is -2.25. The van der Waals surface area contributed by atoms with E-state index >= 15 is 0 Å². The molecule has 1 aromatic carbocycles. The first-order valence-electron chi connectivity index (χ1n) is 7.66. The van der Waals surface area contributed by atoms with Crippen molar-refractivity contribution >= 4 is 23.1 Å². The van der Waals surface area contributed by atoms with Gasteiger partial charge in [0.2, 0.25) is 0 Å². The largest absolute Gasteiger partial charge is 0.447 e. The van der Waals surface area contributed by atoms with Crippen LogP contribution in [0, 0.1) is 11.3 Å². The van der Waals surface area contributed by atoms with Crippen LogP contribution in [0.3, 0.4) is 0 Å². The second-order valence-electron chi connectivity index (χ2n) is 5.74. The fraction of sp³-hybridized carbons (Fsp3) is 0.333. The van der Waals surface area contributed by atoms with Gasteiger partial charge in [-0.05, 0) is 42.5 Å². The van der Waals surface area contributed by atoms with Crippen LogP contribution in [0.1, 0.15) is 24.8 Å². The molecule has 1 saturated heterocycles. The monoisotopic (exact) mass is 328 g/mol. The number of rotatable bonds is 3. The van der Waals surface area contributed by atoms with Crippen LogP contribution < -0.4 is 0 Å². The van der Waals surface area contributed by atoms with Gasteiger partial charge in [0.25, 0.3) is 0 Å². The first-order chi connectivity index (χ1) is 11.1. The van der Waals surface area contributed by atoms with Crippen molar-refractivity contribution in [1.82, 2.24) is 4.90 Å². The lowest BCUT2D eigenvalue weighted by atomic mass is 9.97. The molecular formula is C18H17ClN2O2. The molecule has 2 heterocycles. The third-order valence-electron chi connectivity index (χ3n) is 4.27. The third kappa shape index (κ3) is 2.97. The van der Waals surface area contributed by atoms with Gasteiger partial charge in [-0.1, -0.05) is 30.3 Å². The van der Waals surface area contributed by atoms with E-state index in [1.54, 1.807) is 12.1 Å². The normalized spacial score (nSPS) is 21.1. The van der Waals surface area contributed by atoms with Gasteiger partial charge in [0.1, 0.15) is 6.07 Å². The van der Waals surface area contributed by atoms with E-state index in [1.807, 2.05) is 18.2 Å². The summed E-state index contributed by atoms with van der Waals surface area (Å²) in [5.41, 5.74) is 2.28. The number of esters is 1. The molecule has 0 aromatic heterocycles. The first-order valence-corrected chi connectivity index (χ1v) is 8.04. The molecule has 4 nitrogen and oxygen atoms in total. The molecule has 1 aromatic rings. The fourth-order valence-electron chi connectivity index (χ4n) is 3.07. The van der Waals surface area contributed by atoms with Crippen molar-refractivity contribution in [2.45, 2.75) is 25.4 Å². The minimum atomic E-state index is -0.601. The van der Waals surface area contributed by atoms with Crippen LogP contribution in [0.25, 0.3) is 5.57 Å². The van der Waals surface area contributed by atoms with E-state index in [4.69, 9.17) is 16.3 Å². The highest BCUT2D eigenvalue weighted by molar-refractivity contribution is 6.30. The lowest BCUT2D eigenvalue weighted by Gasteiger charge is -2.32. The van der Waals surface area contributed by atoms with Crippen LogP contribution in [0.4, 0.5) is 0 Å². The summed E-state index contributed by atoms with van der Waals surface area (Å²) >= 11 is 5.92. The van der Waals surface area contributed by atoms with Crippen molar-refractivity contribution in [3.05, 3.63) is 52.7 Å². The van der Waals surface area contributed by atoms with Crippen LogP contribution >= 0.6 is 11.6 Å². The second-order valence-corrected chi connectivity index (χ2v) is 6.17. The highest BCUT2D eigenvalue weighted by Crippen LogP contribution is 2.35. The molecule has 0 saturated carbocycles. The van der Waals surface area contributed by atoms with Gasteiger partial charge in [0, 0.05) is 18.1 Å². The number of cyclic esters (lactones) is 1. The highest BCUT2D eigenvalue weighted by Gasteiger charge is 2.39. The number of likely N-dealkylation sites (tertiary alicyclic amines) is 1. The predicted octanol–water partition coefficient (Wildman–Crippen LogP) is 3.54. The summed E-state index contributed by atoms with van der Waals surface area (Å²) in [5.74, 6) is -0.562. The topological polar surface area (TPSA) is 53.3 Å². The van der Waals surface area contributed by atoms with E-state index in [2.05, 4.69) is 11.5 Å². The molecule has 0 N–H and O–H groups in total. The molecule has 0 spiro atoms. The number of hydrogen-bond donors (Lipinski definition) is 0. The zero-order valence-corrected chi connectivity index (χ0v) is 13.5. The van der Waals surface area contributed by atoms with Crippen LogP contribution in [0.2, 0.25) is 5.02 Å². The van der Waals surface area contributed by atoms with E-state index < -0.39 is 12.1 Å². The van der Waals surface area contributed by atoms with E-state index in [1.165, 1.54) is 6.42 Å². The maximum absolute atomic E-state index is 12.1. The van der Waals surface area contributed by atoms with Gasteiger partial charge < -0.3 is 9.64 Å². The third-order valence-corrected chi connectivity index (χ3v) is 4.53. The number of benzene rings is 1. The minimum Gasteiger partial charge on any atom is -0.447 e. The Morgan fingerprint density at radius 2 is 1.91 bits per heavy atom. The molecule has 0 amide bonds. The quantitative estimate of drug-likeness (QED) is 0.796. The smallest absolute Gasteiger partial charge is 0.351 e. The summed E-state index contributed by atoms with van der Waals surface area (Å²) in [6.07, 6.45) is 2.67. The summed E-state index contributed by atoms with van der Waals surface area (Å²) in [7, 11) is 0. The summed E-state index contributed by atoms with van der Waals surface area (Å²) in [6.45, 7) is 5.76. The van der Waals surface area contributed by atoms with Gasteiger partial charge in [-0.25, -0.2) is 4.79 Å². The molecule has 1 atom stereocenters. The van der Waals surface area contributed by atoms with E-state index in [9.17, 15) is 10.1 Å². The number of nitriles is 1. The molecule has 0 aliphatic carbocycles. The van der Waals surface area contributed by atoms with Gasteiger partial charge in [-0.3, -0.25) is 0 Å². The average Bonchev–Trinajstić information content (AvgIpc) is 2.92. The fourth-order valence-corrected chi connectivity index (χ4v) is 3.20. The summed E-state index contributed by atoms with van der Waals surface area (Å²) in [5, 5.41) is 10.00. The van der Waals surface area contributed by atoms with Crippen LogP contribution in [0.5, 0.6) is 0 Å². The number of ether oxygens (including phenoxy) is 1.